The van der Waals surface area contributed by atoms with Gasteiger partial charge >= 0.3 is 0 Å². The lowest BCUT2D eigenvalue weighted by molar-refractivity contribution is -0.131. The van der Waals surface area contributed by atoms with E-state index < -0.39 is 0 Å². The van der Waals surface area contributed by atoms with E-state index in [1.165, 1.54) is 10.5 Å². The molecule has 0 aromatic heterocycles. The smallest absolute Gasteiger partial charge is 0.261 e. The minimum absolute atomic E-state index is 0.152. The largest absolute Gasteiger partial charge is 0.345 e. The first kappa shape index (κ1) is 25.1. The second-order valence-corrected chi connectivity index (χ2v) is 9.99. The fraction of sp³-hybridized carbons (Fsp3) is 0.367. The van der Waals surface area contributed by atoms with E-state index >= 15 is 0 Å². The van der Waals surface area contributed by atoms with Gasteiger partial charge in [0.2, 0.25) is 5.91 Å². The highest BCUT2D eigenvalue weighted by Crippen LogP contribution is 2.29. The van der Waals surface area contributed by atoms with Crippen molar-refractivity contribution in [1.29, 1.82) is 0 Å². The van der Waals surface area contributed by atoms with Crippen molar-refractivity contribution in [3.05, 3.63) is 83.4 Å². The van der Waals surface area contributed by atoms with Gasteiger partial charge < -0.3 is 4.90 Å². The molecule has 192 valence electrons. The molecule has 1 fully saturated rings. The molecule has 0 spiro atoms. The van der Waals surface area contributed by atoms with Gasteiger partial charge in [0, 0.05) is 69.4 Å². The number of nitrogens with zero attached hydrogens (tertiary/aromatic N) is 4. The zero-order valence-electron chi connectivity index (χ0n) is 21.4. The Kier molecular flexibility index (Phi) is 7.63. The van der Waals surface area contributed by atoms with Crippen molar-refractivity contribution in [3.63, 3.8) is 0 Å². The Bertz CT molecular complexity index is 1230. The molecule has 0 bridgehead atoms. The summed E-state index contributed by atoms with van der Waals surface area (Å²) in [4.78, 5) is 46.6. The van der Waals surface area contributed by atoms with Crippen molar-refractivity contribution in [3.8, 4) is 0 Å². The number of hydrogen-bond donors (Lipinski definition) is 0. The van der Waals surface area contributed by atoms with Gasteiger partial charge in [-0.15, -0.1) is 0 Å². The fourth-order valence-electron chi connectivity index (χ4n) is 5.30. The third kappa shape index (κ3) is 5.58. The standard InChI is InChI=1S/C30H34N4O3/c1-31(15-7-10-23-8-3-2-4-9-23)27(35)22-33-18-16-32(17-19-33)20-21-34-29(36)25-13-5-11-24-12-6-14-26(28(24)25)30(34)37/h2-6,8-9,11-14H,7,10,15-22H2,1H3. The van der Waals surface area contributed by atoms with Crippen LogP contribution < -0.4 is 0 Å². The summed E-state index contributed by atoms with van der Waals surface area (Å²) in [5, 5.41) is 1.68. The zero-order valence-corrected chi connectivity index (χ0v) is 21.4. The van der Waals surface area contributed by atoms with E-state index in [9.17, 15) is 14.4 Å². The Morgan fingerprint density at radius 2 is 1.41 bits per heavy atom. The van der Waals surface area contributed by atoms with E-state index in [4.69, 9.17) is 0 Å². The first-order valence-electron chi connectivity index (χ1n) is 13.1. The van der Waals surface area contributed by atoms with Crippen molar-refractivity contribution >= 4 is 28.5 Å². The number of likely N-dealkylation sites (N-methyl/N-ethyl adjacent to an activating group) is 1. The number of carbonyl (C=O) groups excluding carboxylic acids is 3. The van der Waals surface area contributed by atoms with Gasteiger partial charge in [-0.2, -0.15) is 0 Å². The Hall–Kier alpha value is -3.55. The lowest BCUT2D eigenvalue weighted by Crippen LogP contribution is -2.52. The van der Waals surface area contributed by atoms with Gasteiger partial charge in [0.15, 0.2) is 0 Å². The molecule has 0 N–H and O–H groups in total. The summed E-state index contributed by atoms with van der Waals surface area (Å²) in [6.07, 6.45) is 1.92. The lowest BCUT2D eigenvalue weighted by Gasteiger charge is -2.36. The van der Waals surface area contributed by atoms with Gasteiger partial charge in [-0.3, -0.25) is 29.1 Å². The highest BCUT2D eigenvalue weighted by atomic mass is 16.2. The number of benzene rings is 3. The average molecular weight is 499 g/mol. The number of aryl methyl sites for hydroxylation is 1. The summed E-state index contributed by atoms with van der Waals surface area (Å²) < 4.78 is 0. The SMILES string of the molecule is CN(CCCc1ccccc1)C(=O)CN1CCN(CCN2C(=O)c3cccc4cccc(c34)C2=O)CC1. The molecular formula is C30H34N4O3. The molecule has 1 saturated heterocycles. The minimum Gasteiger partial charge on any atom is -0.345 e. The second kappa shape index (κ2) is 11.2. The van der Waals surface area contributed by atoms with E-state index in [1.54, 1.807) is 0 Å². The van der Waals surface area contributed by atoms with Crippen LogP contribution in [0.5, 0.6) is 0 Å². The third-order valence-electron chi connectivity index (χ3n) is 7.55. The predicted octanol–water partition coefficient (Wildman–Crippen LogP) is 3.14. The number of imide groups is 1. The van der Waals surface area contributed by atoms with E-state index in [0.29, 0.717) is 30.8 Å². The summed E-state index contributed by atoms with van der Waals surface area (Å²) in [5.41, 5.74) is 2.50. The Labute approximate surface area is 218 Å². The monoisotopic (exact) mass is 498 g/mol. The molecule has 0 atom stereocenters. The molecule has 5 rings (SSSR count). The summed E-state index contributed by atoms with van der Waals surface area (Å²) in [7, 11) is 1.88. The molecule has 2 aliphatic heterocycles. The van der Waals surface area contributed by atoms with E-state index in [-0.39, 0.29) is 17.7 Å². The van der Waals surface area contributed by atoms with Crippen LogP contribution in [0.3, 0.4) is 0 Å². The zero-order chi connectivity index (χ0) is 25.8. The van der Waals surface area contributed by atoms with Crippen LogP contribution in [0.4, 0.5) is 0 Å². The number of rotatable bonds is 9. The second-order valence-electron chi connectivity index (χ2n) is 9.99. The van der Waals surface area contributed by atoms with Crippen LogP contribution in [0, 0.1) is 0 Å². The van der Waals surface area contributed by atoms with Crippen LogP contribution in [-0.4, -0.2) is 96.7 Å². The molecule has 7 nitrogen and oxygen atoms in total. The van der Waals surface area contributed by atoms with Gasteiger partial charge in [-0.1, -0.05) is 54.6 Å². The normalized spacial score (nSPS) is 16.4. The van der Waals surface area contributed by atoms with Crippen molar-refractivity contribution in [2.45, 2.75) is 12.8 Å². The maximum Gasteiger partial charge on any atom is 0.261 e. The van der Waals surface area contributed by atoms with Gasteiger partial charge in [0.25, 0.3) is 11.8 Å². The lowest BCUT2D eigenvalue weighted by atomic mass is 9.94. The molecule has 3 amide bonds. The Morgan fingerprint density at radius 1 is 0.784 bits per heavy atom. The topological polar surface area (TPSA) is 64.2 Å². The van der Waals surface area contributed by atoms with Gasteiger partial charge in [0.05, 0.1) is 6.54 Å². The van der Waals surface area contributed by atoms with Crippen LogP contribution in [0.15, 0.2) is 66.7 Å². The highest BCUT2D eigenvalue weighted by Gasteiger charge is 2.33. The summed E-state index contributed by atoms with van der Waals surface area (Å²) >= 11 is 0. The molecule has 0 saturated carbocycles. The van der Waals surface area contributed by atoms with Crippen LogP contribution in [0.1, 0.15) is 32.7 Å². The van der Waals surface area contributed by atoms with Gasteiger partial charge in [-0.05, 0) is 35.9 Å². The van der Waals surface area contributed by atoms with Crippen LogP contribution >= 0.6 is 0 Å². The van der Waals surface area contributed by atoms with Gasteiger partial charge in [0.1, 0.15) is 0 Å². The number of piperazine rings is 1. The maximum atomic E-state index is 13.1. The number of carbonyl (C=O) groups is 3. The van der Waals surface area contributed by atoms with E-state index in [0.717, 1.165) is 56.3 Å². The molecule has 2 heterocycles. The first-order chi connectivity index (χ1) is 18.0. The van der Waals surface area contributed by atoms with E-state index in [1.807, 2.05) is 66.5 Å². The summed E-state index contributed by atoms with van der Waals surface area (Å²) in [6.45, 7) is 5.41. The Balaban J connectivity index is 1.07. The van der Waals surface area contributed by atoms with E-state index in [2.05, 4.69) is 21.9 Å². The quantitative estimate of drug-likeness (QED) is 0.424. The number of amides is 3. The molecule has 3 aromatic carbocycles. The van der Waals surface area contributed by atoms with Crippen molar-refractivity contribution < 1.29 is 14.4 Å². The first-order valence-corrected chi connectivity index (χ1v) is 13.1. The van der Waals surface area contributed by atoms with Crippen molar-refractivity contribution in [2.24, 2.45) is 0 Å². The number of hydrogen-bond acceptors (Lipinski definition) is 5. The van der Waals surface area contributed by atoms with Crippen LogP contribution in [-0.2, 0) is 11.2 Å². The molecule has 3 aromatic rings. The molecule has 0 aliphatic carbocycles. The molecule has 0 radical (unpaired) electrons. The minimum atomic E-state index is -0.214. The van der Waals surface area contributed by atoms with Crippen molar-refractivity contribution in [2.75, 3.05) is 59.4 Å². The highest BCUT2D eigenvalue weighted by molar-refractivity contribution is 6.25. The fourth-order valence-corrected chi connectivity index (χ4v) is 5.30. The molecule has 7 heteroatoms. The van der Waals surface area contributed by atoms with Crippen molar-refractivity contribution in [1.82, 2.24) is 19.6 Å². The summed E-state index contributed by atoms with van der Waals surface area (Å²) in [5.74, 6) is -0.276. The Morgan fingerprint density at radius 3 is 2.05 bits per heavy atom. The maximum absolute atomic E-state index is 13.1. The molecule has 0 unspecified atom stereocenters. The summed E-state index contributed by atoms with van der Waals surface area (Å²) in [6, 6.07) is 21.6. The predicted molar refractivity (Wildman–Crippen MR) is 145 cm³/mol. The molecule has 2 aliphatic rings. The van der Waals surface area contributed by atoms with Crippen LogP contribution in [0.25, 0.3) is 10.8 Å². The van der Waals surface area contributed by atoms with Crippen LogP contribution in [0.2, 0.25) is 0 Å². The molecule has 37 heavy (non-hydrogen) atoms. The molecular weight excluding hydrogens is 464 g/mol. The third-order valence-corrected chi connectivity index (χ3v) is 7.55. The average Bonchev–Trinajstić information content (AvgIpc) is 2.93. The van der Waals surface area contributed by atoms with Gasteiger partial charge in [-0.25, -0.2) is 0 Å².